The van der Waals surface area contributed by atoms with E-state index in [1.165, 1.54) is 29.7 Å². The van der Waals surface area contributed by atoms with Gasteiger partial charge < -0.3 is 9.88 Å². The van der Waals surface area contributed by atoms with E-state index in [0.717, 1.165) is 31.6 Å². The van der Waals surface area contributed by atoms with E-state index in [4.69, 9.17) is 4.98 Å². The topological polar surface area (TPSA) is 29.9 Å². The molecular formula is C17H25N3. The molecule has 0 aliphatic carbocycles. The highest BCUT2D eigenvalue weighted by molar-refractivity contribution is 5.77. The van der Waals surface area contributed by atoms with E-state index in [2.05, 4.69) is 48.9 Å². The number of fused-ring (bicyclic) bond motifs is 1. The molecule has 1 N–H and O–H groups in total. The number of piperidine rings is 1. The van der Waals surface area contributed by atoms with Gasteiger partial charge in [-0.15, -0.1) is 0 Å². The Bertz CT molecular complexity index is 606. The minimum Gasteiger partial charge on any atom is -0.328 e. The van der Waals surface area contributed by atoms with Gasteiger partial charge in [0.05, 0.1) is 11.0 Å². The summed E-state index contributed by atoms with van der Waals surface area (Å²) in [5.74, 6) is 1.29. The molecule has 2 heterocycles. The second kappa shape index (κ2) is 5.21. The van der Waals surface area contributed by atoms with E-state index < -0.39 is 0 Å². The highest BCUT2D eigenvalue weighted by atomic mass is 15.1. The Kier molecular flexibility index (Phi) is 3.55. The van der Waals surface area contributed by atoms with Gasteiger partial charge >= 0.3 is 0 Å². The third-order valence-electron chi connectivity index (χ3n) is 4.84. The molecule has 1 aromatic carbocycles. The minimum atomic E-state index is 0.210. The van der Waals surface area contributed by atoms with Gasteiger partial charge in [0, 0.05) is 18.5 Å². The van der Waals surface area contributed by atoms with Crippen molar-refractivity contribution in [1.29, 1.82) is 0 Å². The van der Waals surface area contributed by atoms with Gasteiger partial charge in [-0.3, -0.25) is 0 Å². The lowest BCUT2D eigenvalue weighted by molar-refractivity contribution is 0.280. The number of benzene rings is 1. The molecule has 1 fully saturated rings. The Hall–Kier alpha value is -1.35. The fourth-order valence-corrected chi connectivity index (χ4v) is 3.58. The van der Waals surface area contributed by atoms with Crippen LogP contribution in [0, 0.1) is 6.92 Å². The summed E-state index contributed by atoms with van der Waals surface area (Å²) >= 11 is 0. The summed E-state index contributed by atoms with van der Waals surface area (Å²) < 4.78 is 2.42. The van der Waals surface area contributed by atoms with Crippen molar-refractivity contribution in [2.75, 3.05) is 13.1 Å². The summed E-state index contributed by atoms with van der Waals surface area (Å²) in [6.45, 7) is 9.87. The van der Waals surface area contributed by atoms with Crippen molar-refractivity contribution in [3.05, 3.63) is 29.6 Å². The summed E-state index contributed by atoms with van der Waals surface area (Å²) in [7, 11) is 0. The predicted molar refractivity (Wildman–Crippen MR) is 84.2 cm³/mol. The molecule has 1 saturated heterocycles. The number of nitrogens with one attached hydrogen (secondary N) is 1. The van der Waals surface area contributed by atoms with Crippen molar-refractivity contribution < 1.29 is 0 Å². The van der Waals surface area contributed by atoms with Crippen LogP contribution in [0.25, 0.3) is 11.0 Å². The molecule has 2 aromatic rings. The fraction of sp³-hybridized carbons (Fsp3) is 0.588. The molecule has 1 aromatic heterocycles. The van der Waals surface area contributed by atoms with Crippen molar-refractivity contribution in [2.45, 2.75) is 52.0 Å². The lowest BCUT2D eigenvalue weighted by atomic mass is 9.77. The van der Waals surface area contributed by atoms with Crippen LogP contribution in [0.1, 0.15) is 44.5 Å². The molecule has 3 nitrogen and oxygen atoms in total. The molecule has 0 bridgehead atoms. The summed E-state index contributed by atoms with van der Waals surface area (Å²) in [5, 5.41) is 3.58. The van der Waals surface area contributed by atoms with E-state index in [0.29, 0.717) is 0 Å². The summed E-state index contributed by atoms with van der Waals surface area (Å²) in [4.78, 5) is 5.03. The van der Waals surface area contributed by atoms with Gasteiger partial charge in [0.2, 0.25) is 0 Å². The number of aromatic nitrogens is 2. The average molecular weight is 271 g/mol. The lowest BCUT2D eigenvalue weighted by Gasteiger charge is -2.36. The van der Waals surface area contributed by atoms with Crippen LogP contribution in [0.2, 0.25) is 0 Å². The van der Waals surface area contributed by atoms with E-state index in [1.54, 1.807) is 0 Å². The van der Waals surface area contributed by atoms with Crippen LogP contribution in [0.5, 0.6) is 0 Å². The Balaban J connectivity index is 2.18. The van der Waals surface area contributed by atoms with E-state index in [-0.39, 0.29) is 5.41 Å². The summed E-state index contributed by atoms with van der Waals surface area (Å²) in [6.07, 6.45) is 3.65. The first-order valence-electron chi connectivity index (χ1n) is 7.88. The second-order valence-electron chi connectivity index (χ2n) is 6.09. The molecule has 1 aliphatic rings. The van der Waals surface area contributed by atoms with Crippen molar-refractivity contribution in [2.24, 2.45) is 0 Å². The van der Waals surface area contributed by atoms with Gasteiger partial charge in [0.15, 0.2) is 0 Å². The van der Waals surface area contributed by atoms with Gasteiger partial charge in [0.25, 0.3) is 0 Å². The summed E-state index contributed by atoms with van der Waals surface area (Å²) in [5.41, 5.74) is 3.94. The van der Waals surface area contributed by atoms with Crippen molar-refractivity contribution in [1.82, 2.24) is 14.9 Å². The zero-order chi connectivity index (χ0) is 14.2. The van der Waals surface area contributed by atoms with Gasteiger partial charge in [-0.2, -0.15) is 0 Å². The maximum absolute atomic E-state index is 5.03. The molecule has 1 atom stereocenters. The predicted octanol–water partition coefficient (Wildman–Crippen LogP) is 3.40. The SMILES string of the molecule is CCn1c(C2(CC)CCCNC2)nc2cc(C)ccc21. The number of hydrogen-bond donors (Lipinski definition) is 1. The molecule has 108 valence electrons. The van der Waals surface area contributed by atoms with Gasteiger partial charge in [-0.05, 0) is 57.4 Å². The normalized spacial score (nSPS) is 23.4. The number of nitrogens with zero attached hydrogens (tertiary/aromatic N) is 2. The zero-order valence-electron chi connectivity index (χ0n) is 12.9. The summed E-state index contributed by atoms with van der Waals surface area (Å²) in [6, 6.07) is 6.63. The molecule has 0 amide bonds. The molecule has 1 aliphatic heterocycles. The molecule has 1 unspecified atom stereocenters. The van der Waals surface area contributed by atoms with Crippen LogP contribution in [-0.2, 0) is 12.0 Å². The van der Waals surface area contributed by atoms with Gasteiger partial charge in [-0.1, -0.05) is 13.0 Å². The Morgan fingerprint density at radius 2 is 2.20 bits per heavy atom. The van der Waals surface area contributed by atoms with Crippen LogP contribution in [0.15, 0.2) is 18.2 Å². The van der Waals surface area contributed by atoms with Crippen molar-refractivity contribution >= 4 is 11.0 Å². The Morgan fingerprint density at radius 3 is 2.85 bits per heavy atom. The van der Waals surface area contributed by atoms with E-state index in [1.807, 2.05) is 0 Å². The van der Waals surface area contributed by atoms with Crippen LogP contribution < -0.4 is 5.32 Å². The number of rotatable bonds is 3. The molecule has 0 spiro atoms. The van der Waals surface area contributed by atoms with Crippen LogP contribution >= 0.6 is 0 Å². The Labute approximate surface area is 121 Å². The van der Waals surface area contributed by atoms with Gasteiger partial charge in [0.1, 0.15) is 5.82 Å². The number of imidazole rings is 1. The highest BCUT2D eigenvalue weighted by Gasteiger charge is 2.36. The van der Waals surface area contributed by atoms with E-state index >= 15 is 0 Å². The Morgan fingerprint density at radius 1 is 1.35 bits per heavy atom. The first-order chi connectivity index (χ1) is 9.70. The van der Waals surface area contributed by atoms with Crippen molar-refractivity contribution in [3.8, 4) is 0 Å². The van der Waals surface area contributed by atoms with Crippen LogP contribution in [0.4, 0.5) is 0 Å². The third-order valence-corrected chi connectivity index (χ3v) is 4.84. The maximum Gasteiger partial charge on any atom is 0.117 e. The molecule has 3 rings (SSSR count). The number of hydrogen-bond acceptors (Lipinski definition) is 2. The monoisotopic (exact) mass is 271 g/mol. The first-order valence-corrected chi connectivity index (χ1v) is 7.88. The average Bonchev–Trinajstić information content (AvgIpc) is 2.86. The van der Waals surface area contributed by atoms with Crippen LogP contribution in [-0.4, -0.2) is 22.6 Å². The molecule has 0 saturated carbocycles. The van der Waals surface area contributed by atoms with Crippen LogP contribution in [0.3, 0.4) is 0 Å². The smallest absolute Gasteiger partial charge is 0.117 e. The number of aryl methyl sites for hydroxylation is 2. The highest BCUT2D eigenvalue weighted by Crippen LogP contribution is 2.35. The standard InChI is InChI=1S/C17H25N3/c1-4-17(9-6-10-18-12-17)16-19-14-11-13(3)7-8-15(14)20(16)5-2/h7-8,11,18H,4-6,9-10,12H2,1-3H3. The first kappa shape index (κ1) is 13.6. The molecular weight excluding hydrogens is 246 g/mol. The second-order valence-corrected chi connectivity index (χ2v) is 6.09. The largest absolute Gasteiger partial charge is 0.328 e. The maximum atomic E-state index is 5.03. The lowest BCUT2D eigenvalue weighted by Crippen LogP contribution is -2.44. The van der Waals surface area contributed by atoms with Crippen molar-refractivity contribution in [3.63, 3.8) is 0 Å². The quantitative estimate of drug-likeness (QED) is 0.927. The molecule has 20 heavy (non-hydrogen) atoms. The molecule has 0 radical (unpaired) electrons. The van der Waals surface area contributed by atoms with Gasteiger partial charge in [-0.25, -0.2) is 4.98 Å². The third kappa shape index (κ3) is 2.05. The zero-order valence-corrected chi connectivity index (χ0v) is 12.9. The molecule has 3 heteroatoms. The minimum absolute atomic E-state index is 0.210. The fourth-order valence-electron chi connectivity index (χ4n) is 3.58. The van der Waals surface area contributed by atoms with E-state index in [9.17, 15) is 0 Å².